The lowest BCUT2D eigenvalue weighted by Gasteiger charge is -2.13. The first-order chi connectivity index (χ1) is 9.28. The molecule has 0 unspecified atom stereocenters. The van der Waals surface area contributed by atoms with Gasteiger partial charge in [-0.1, -0.05) is 23.7 Å². The third-order valence-electron chi connectivity index (χ3n) is 2.33. The van der Waals surface area contributed by atoms with E-state index in [-0.39, 0.29) is 22.3 Å². The molecule has 0 N–H and O–H groups in total. The summed E-state index contributed by atoms with van der Waals surface area (Å²) in [7, 11) is 0. The van der Waals surface area contributed by atoms with Crippen LogP contribution in [0.2, 0.25) is 5.15 Å². The molecule has 0 aliphatic rings. The average Bonchev–Trinajstić information content (AvgIpc) is 2.34. The molecule has 1 heterocycles. The molecule has 1 aromatic carbocycles. The van der Waals surface area contributed by atoms with Crippen LogP contribution < -0.4 is 4.74 Å². The maximum absolute atomic E-state index is 12.4. The lowest BCUT2D eigenvalue weighted by molar-refractivity contribution is -0.274. The molecular formula is C12H7BrClF3N2O. The fraction of sp³-hybridized carbons (Fsp3) is 0.167. The van der Waals surface area contributed by atoms with Crippen LogP contribution in [0.5, 0.6) is 5.75 Å². The molecule has 106 valence electrons. The van der Waals surface area contributed by atoms with Crippen molar-refractivity contribution in [3.8, 4) is 17.1 Å². The van der Waals surface area contributed by atoms with E-state index in [9.17, 15) is 13.2 Å². The quantitative estimate of drug-likeness (QED) is 0.718. The number of nitrogens with zero attached hydrogens (tertiary/aromatic N) is 2. The van der Waals surface area contributed by atoms with Crippen LogP contribution in [0.4, 0.5) is 13.2 Å². The standard InChI is InChI=1S/C12H7BrClF3N2O/c1-6-9(13)10(14)19-11(18-6)7-4-2-3-5-8(7)20-12(15,16)17/h2-5H,1H3. The Balaban J connectivity index is 2.53. The minimum absolute atomic E-state index is 0.0653. The predicted octanol–water partition coefficient (Wildman–Crippen LogP) is 4.77. The summed E-state index contributed by atoms with van der Waals surface area (Å²) in [5, 5.41) is 0.120. The van der Waals surface area contributed by atoms with Crippen molar-refractivity contribution in [2.75, 3.05) is 0 Å². The number of aryl methyl sites for hydroxylation is 1. The molecule has 8 heteroatoms. The highest BCUT2D eigenvalue weighted by Gasteiger charge is 2.32. The number of alkyl halides is 3. The zero-order valence-electron chi connectivity index (χ0n) is 10.0. The van der Waals surface area contributed by atoms with Gasteiger partial charge in [0.05, 0.1) is 15.7 Å². The summed E-state index contributed by atoms with van der Waals surface area (Å²) in [6.45, 7) is 1.66. The molecule has 2 rings (SSSR count). The van der Waals surface area contributed by atoms with E-state index >= 15 is 0 Å². The summed E-state index contributed by atoms with van der Waals surface area (Å²) >= 11 is 9.08. The number of para-hydroxylation sites is 1. The molecule has 0 radical (unpaired) electrons. The van der Waals surface area contributed by atoms with Gasteiger partial charge in [-0.15, -0.1) is 13.2 Å². The van der Waals surface area contributed by atoms with E-state index in [4.69, 9.17) is 11.6 Å². The van der Waals surface area contributed by atoms with Gasteiger partial charge in [0.25, 0.3) is 0 Å². The van der Waals surface area contributed by atoms with Crippen LogP contribution in [0.25, 0.3) is 11.4 Å². The van der Waals surface area contributed by atoms with Crippen molar-refractivity contribution in [3.05, 3.63) is 39.6 Å². The summed E-state index contributed by atoms with van der Waals surface area (Å²) in [5.74, 6) is -0.312. The average molecular weight is 368 g/mol. The van der Waals surface area contributed by atoms with E-state index in [1.54, 1.807) is 13.0 Å². The van der Waals surface area contributed by atoms with Gasteiger partial charge in [-0.2, -0.15) is 0 Å². The molecule has 0 bridgehead atoms. The Kier molecular flexibility index (Phi) is 4.19. The van der Waals surface area contributed by atoms with Crippen LogP contribution in [-0.4, -0.2) is 16.3 Å². The van der Waals surface area contributed by atoms with Gasteiger partial charge in [-0.25, -0.2) is 9.97 Å². The molecule has 0 saturated carbocycles. The lowest BCUT2D eigenvalue weighted by Crippen LogP contribution is -2.17. The summed E-state index contributed by atoms with van der Waals surface area (Å²) < 4.78 is 41.5. The summed E-state index contributed by atoms with van der Waals surface area (Å²) in [4.78, 5) is 8.06. The van der Waals surface area contributed by atoms with Gasteiger partial charge in [0.2, 0.25) is 0 Å². The Morgan fingerprint density at radius 3 is 2.45 bits per heavy atom. The number of halogens is 5. The van der Waals surface area contributed by atoms with Crippen LogP contribution in [0.15, 0.2) is 28.7 Å². The second kappa shape index (κ2) is 5.57. The number of aromatic nitrogens is 2. The predicted molar refractivity (Wildman–Crippen MR) is 71.6 cm³/mol. The first-order valence-corrected chi connectivity index (χ1v) is 6.50. The zero-order valence-corrected chi connectivity index (χ0v) is 12.3. The van der Waals surface area contributed by atoms with Crippen molar-refractivity contribution in [2.45, 2.75) is 13.3 Å². The van der Waals surface area contributed by atoms with Crippen LogP contribution in [0.3, 0.4) is 0 Å². The van der Waals surface area contributed by atoms with Crippen LogP contribution in [0.1, 0.15) is 5.69 Å². The molecule has 0 aliphatic carbocycles. The van der Waals surface area contributed by atoms with E-state index in [1.165, 1.54) is 18.2 Å². The first-order valence-electron chi connectivity index (χ1n) is 5.32. The molecule has 0 amide bonds. The minimum Gasteiger partial charge on any atom is -0.405 e. The third-order valence-corrected chi connectivity index (χ3v) is 3.78. The van der Waals surface area contributed by atoms with E-state index in [0.29, 0.717) is 10.2 Å². The van der Waals surface area contributed by atoms with Crippen LogP contribution in [0, 0.1) is 6.92 Å². The van der Waals surface area contributed by atoms with Gasteiger partial charge >= 0.3 is 6.36 Å². The molecule has 0 fully saturated rings. The third kappa shape index (κ3) is 3.40. The van der Waals surface area contributed by atoms with Crippen molar-refractivity contribution in [1.29, 1.82) is 0 Å². The molecule has 0 spiro atoms. The van der Waals surface area contributed by atoms with Crippen molar-refractivity contribution >= 4 is 27.5 Å². The summed E-state index contributed by atoms with van der Waals surface area (Å²) in [6.07, 6.45) is -4.79. The molecule has 0 atom stereocenters. The van der Waals surface area contributed by atoms with Crippen molar-refractivity contribution in [1.82, 2.24) is 9.97 Å². The number of hydrogen-bond donors (Lipinski definition) is 0. The van der Waals surface area contributed by atoms with Gasteiger partial charge in [0.1, 0.15) is 10.9 Å². The van der Waals surface area contributed by atoms with Gasteiger partial charge in [0.15, 0.2) is 5.82 Å². The highest BCUT2D eigenvalue weighted by atomic mass is 79.9. The molecule has 3 nitrogen and oxygen atoms in total. The SMILES string of the molecule is Cc1nc(-c2ccccc2OC(F)(F)F)nc(Cl)c1Br. The Bertz CT molecular complexity index is 626. The molecule has 2 aromatic rings. The molecule has 0 saturated heterocycles. The Labute approximate surface area is 125 Å². The van der Waals surface area contributed by atoms with E-state index < -0.39 is 6.36 Å². The summed E-state index contributed by atoms with van der Waals surface area (Å²) in [5.41, 5.74) is 0.629. The van der Waals surface area contributed by atoms with E-state index in [1.807, 2.05) is 0 Å². The van der Waals surface area contributed by atoms with Gasteiger partial charge in [-0.3, -0.25) is 0 Å². The molecule has 20 heavy (non-hydrogen) atoms. The molecular weight excluding hydrogens is 360 g/mol. The Morgan fingerprint density at radius 1 is 1.20 bits per heavy atom. The highest BCUT2D eigenvalue weighted by molar-refractivity contribution is 9.10. The van der Waals surface area contributed by atoms with E-state index in [2.05, 4.69) is 30.6 Å². The largest absolute Gasteiger partial charge is 0.573 e. The van der Waals surface area contributed by atoms with Crippen LogP contribution >= 0.6 is 27.5 Å². The van der Waals surface area contributed by atoms with Crippen molar-refractivity contribution in [2.24, 2.45) is 0 Å². The fourth-order valence-corrected chi connectivity index (χ4v) is 1.90. The Hall–Kier alpha value is -1.34. The van der Waals surface area contributed by atoms with Gasteiger partial charge in [0, 0.05) is 0 Å². The lowest BCUT2D eigenvalue weighted by atomic mass is 10.2. The topological polar surface area (TPSA) is 35.0 Å². The minimum atomic E-state index is -4.79. The fourth-order valence-electron chi connectivity index (χ4n) is 1.51. The smallest absolute Gasteiger partial charge is 0.405 e. The molecule has 1 aromatic heterocycles. The number of ether oxygens (including phenoxy) is 1. The van der Waals surface area contributed by atoms with Gasteiger partial charge in [-0.05, 0) is 35.0 Å². The Morgan fingerprint density at radius 2 is 1.85 bits per heavy atom. The van der Waals surface area contributed by atoms with E-state index in [0.717, 1.165) is 0 Å². The van der Waals surface area contributed by atoms with Crippen molar-refractivity contribution in [3.63, 3.8) is 0 Å². The van der Waals surface area contributed by atoms with Crippen LogP contribution in [-0.2, 0) is 0 Å². The monoisotopic (exact) mass is 366 g/mol. The molecule has 0 aliphatic heterocycles. The number of hydrogen-bond acceptors (Lipinski definition) is 3. The maximum Gasteiger partial charge on any atom is 0.573 e. The van der Waals surface area contributed by atoms with Crippen molar-refractivity contribution < 1.29 is 17.9 Å². The normalized spacial score (nSPS) is 11.5. The number of rotatable bonds is 2. The van der Waals surface area contributed by atoms with Gasteiger partial charge < -0.3 is 4.74 Å². The number of benzene rings is 1. The second-order valence-corrected chi connectivity index (χ2v) is 4.93. The first kappa shape index (κ1) is 15.1. The maximum atomic E-state index is 12.4. The second-order valence-electron chi connectivity index (χ2n) is 3.78. The zero-order chi connectivity index (χ0) is 14.9. The highest BCUT2D eigenvalue weighted by Crippen LogP contribution is 2.34. The summed E-state index contributed by atoms with van der Waals surface area (Å²) in [6, 6.07) is 5.61.